The van der Waals surface area contributed by atoms with Crippen molar-refractivity contribution in [2.24, 2.45) is 0 Å². The number of methoxy groups -OCH3 is 1. The molecular formula is C18H18N6O6S. The monoisotopic (exact) mass is 446 g/mol. The third-order valence-corrected chi connectivity index (χ3v) is 4.56. The highest BCUT2D eigenvalue weighted by atomic mass is 32.1. The first-order valence-electron chi connectivity index (χ1n) is 8.88. The van der Waals surface area contributed by atoms with Crippen LogP contribution in [0.15, 0.2) is 39.7 Å². The molecule has 1 aromatic carbocycles. The number of fused-ring (bicyclic) bond motifs is 1. The first-order chi connectivity index (χ1) is 14.7. The van der Waals surface area contributed by atoms with E-state index in [1.165, 1.54) is 20.1 Å². The van der Waals surface area contributed by atoms with E-state index in [2.05, 4.69) is 21.3 Å². The normalized spacial score (nSPS) is 11.6. The number of carbonyl (C=O) groups excluding carboxylic acids is 1. The van der Waals surface area contributed by atoms with Crippen LogP contribution in [0.1, 0.15) is 18.5 Å². The van der Waals surface area contributed by atoms with Crippen LogP contribution in [-0.2, 0) is 4.79 Å². The van der Waals surface area contributed by atoms with Crippen molar-refractivity contribution in [1.82, 2.24) is 20.6 Å². The first kappa shape index (κ1) is 21.7. The van der Waals surface area contributed by atoms with E-state index in [0.29, 0.717) is 11.3 Å². The summed E-state index contributed by atoms with van der Waals surface area (Å²) in [5.74, 6) is -0.752. The van der Waals surface area contributed by atoms with Gasteiger partial charge < -0.3 is 14.5 Å². The average molecular weight is 446 g/mol. The average Bonchev–Trinajstić information content (AvgIpc) is 3.16. The molecule has 0 bridgehead atoms. The predicted molar refractivity (Wildman–Crippen MR) is 115 cm³/mol. The molecule has 0 saturated heterocycles. The quantitative estimate of drug-likeness (QED) is 0.229. The Morgan fingerprint density at radius 3 is 2.74 bits per heavy atom. The summed E-state index contributed by atoms with van der Waals surface area (Å²) in [6.45, 7) is 3.30. The molecule has 0 fully saturated rings. The van der Waals surface area contributed by atoms with E-state index in [-0.39, 0.29) is 16.7 Å². The number of aryl methyl sites for hydroxylation is 1. The Kier molecular flexibility index (Phi) is 6.15. The van der Waals surface area contributed by atoms with Gasteiger partial charge in [0.25, 0.3) is 5.91 Å². The Morgan fingerprint density at radius 2 is 2.10 bits per heavy atom. The Hall–Kier alpha value is -4.00. The van der Waals surface area contributed by atoms with Crippen LogP contribution in [0.5, 0.6) is 5.88 Å². The minimum Gasteiger partial charge on any atom is -0.475 e. The number of carbonyl (C=O) groups is 1. The lowest BCUT2D eigenvalue weighted by Gasteiger charge is -2.15. The number of nitro groups is 1. The van der Waals surface area contributed by atoms with Gasteiger partial charge in [0.1, 0.15) is 17.8 Å². The zero-order valence-electron chi connectivity index (χ0n) is 16.7. The van der Waals surface area contributed by atoms with Gasteiger partial charge in [-0.2, -0.15) is 0 Å². The summed E-state index contributed by atoms with van der Waals surface area (Å²) < 4.78 is 11.1. The zero-order chi connectivity index (χ0) is 22.7. The van der Waals surface area contributed by atoms with Crippen molar-refractivity contribution in [3.63, 3.8) is 0 Å². The summed E-state index contributed by atoms with van der Waals surface area (Å²) in [4.78, 5) is 34.2. The number of hydrazine groups is 1. The second-order valence-electron chi connectivity index (χ2n) is 6.46. The fourth-order valence-corrected chi connectivity index (χ4v) is 2.91. The van der Waals surface area contributed by atoms with Crippen molar-refractivity contribution in [3.05, 3.63) is 56.6 Å². The molecule has 0 aliphatic rings. The van der Waals surface area contributed by atoms with Gasteiger partial charge >= 0.3 is 17.2 Å². The number of hydrogen-bond donors (Lipinski definition) is 3. The van der Waals surface area contributed by atoms with Gasteiger partial charge in [-0.25, -0.2) is 9.48 Å². The fraction of sp³-hybridized carbons (Fsp3) is 0.222. The molecule has 2 heterocycles. The van der Waals surface area contributed by atoms with Crippen LogP contribution in [0.2, 0.25) is 0 Å². The molecule has 0 aliphatic heterocycles. The number of nitrogens with one attached hydrogen (secondary N) is 3. The number of thiocarbonyl (C=S) groups is 1. The molecule has 0 saturated carbocycles. The summed E-state index contributed by atoms with van der Waals surface area (Å²) >= 11 is 5.15. The molecule has 31 heavy (non-hydrogen) atoms. The van der Waals surface area contributed by atoms with Crippen LogP contribution in [0.4, 0.5) is 11.4 Å². The van der Waals surface area contributed by atoms with Gasteiger partial charge in [0.2, 0.25) is 0 Å². The van der Waals surface area contributed by atoms with Crippen LogP contribution in [0.25, 0.3) is 11.0 Å². The van der Waals surface area contributed by atoms with E-state index in [0.717, 1.165) is 21.8 Å². The van der Waals surface area contributed by atoms with Gasteiger partial charge in [-0.1, -0.05) is 0 Å². The highest BCUT2D eigenvalue weighted by molar-refractivity contribution is 7.80. The maximum absolute atomic E-state index is 12.3. The number of hydrogen-bond acceptors (Lipinski definition) is 8. The lowest BCUT2D eigenvalue weighted by Crippen LogP contribution is -2.46. The fourth-order valence-electron chi connectivity index (χ4n) is 2.74. The Labute approximate surface area is 180 Å². The molecule has 3 aromatic rings. The van der Waals surface area contributed by atoms with Crippen LogP contribution >= 0.6 is 12.2 Å². The maximum Gasteiger partial charge on any atom is 0.350 e. The summed E-state index contributed by atoms with van der Waals surface area (Å²) in [5, 5.41) is 18.6. The van der Waals surface area contributed by atoms with Crippen LogP contribution in [0.3, 0.4) is 0 Å². The van der Waals surface area contributed by atoms with Crippen molar-refractivity contribution >= 4 is 45.6 Å². The topological polar surface area (TPSA) is 154 Å². The second kappa shape index (κ2) is 8.79. The van der Waals surface area contributed by atoms with Gasteiger partial charge in [-0.15, -0.1) is 5.10 Å². The Bertz CT molecular complexity index is 1240. The summed E-state index contributed by atoms with van der Waals surface area (Å²) in [5.41, 5.74) is 5.83. The second-order valence-corrected chi connectivity index (χ2v) is 6.87. The van der Waals surface area contributed by atoms with Crippen molar-refractivity contribution in [3.8, 4) is 5.88 Å². The molecule has 13 heteroatoms. The SMILES string of the molecule is COc1nn([C@H](C)C(=O)NNC(=S)Nc2ccc3c(C)cc(=O)oc3c2)cc1[N+](=O)[O-]. The maximum atomic E-state index is 12.3. The minimum atomic E-state index is -0.893. The number of anilines is 1. The molecule has 0 unspecified atom stereocenters. The lowest BCUT2D eigenvalue weighted by atomic mass is 10.1. The molecule has 12 nitrogen and oxygen atoms in total. The number of nitrogens with zero attached hydrogens (tertiary/aromatic N) is 3. The Balaban J connectivity index is 1.63. The molecule has 3 N–H and O–H groups in total. The van der Waals surface area contributed by atoms with Gasteiger partial charge in [-0.3, -0.25) is 25.8 Å². The third kappa shape index (κ3) is 4.78. The molecule has 0 spiro atoms. The highest BCUT2D eigenvalue weighted by Crippen LogP contribution is 2.26. The molecule has 3 rings (SSSR count). The zero-order valence-corrected chi connectivity index (χ0v) is 17.5. The van der Waals surface area contributed by atoms with E-state index < -0.39 is 22.5 Å². The summed E-state index contributed by atoms with van der Waals surface area (Å²) in [6.07, 6.45) is 1.10. The lowest BCUT2D eigenvalue weighted by molar-refractivity contribution is -0.385. The van der Waals surface area contributed by atoms with Gasteiger partial charge in [0.05, 0.1) is 12.0 Å². The van der Waals surface area contributed by atoms with Gasteiger partial charge in [0, 0.05) is 23.2 Å². The van der Waals surface area contributed by atoms with E-state index in [1.807, 2.05) is 0 Å². The van der Waals surface area contributed by atoms with Crippen molar-refractivity contribution < 1.29 is 18.9 Å². The van der Waals surface area contributed by atoms with E-state index in [4.69, 9.17) is 21.4 Å². The summed E-state index contributed by atoms with van der Waals surface area (Å²) in [7, 11) is 1.25. The van der Waals surface area contributed by atoms with E-state index >= 15 is 0 Å². The number of ether oxygens (including phenoxy) is 1. The molecule has 1 amide bonds. The largest absolute Gasteiger partial charge is 0.475 e. The standard InChI is InChI=1S/C18H18N6O6S/c1-9-6-15(25)30-14-7-11(4-5-12(9)14)19-18(31)21-20-16(26)10(2)23-8-13(24(27)28)17(22-23)29-3/h4-8,10H,1-3H3,(H,20,26)(H2,19,21,31)/t10-/m1/s1. The summed E-state index contributed by atoms with van der Waals surface area (Å²) in [6, 6.07) is 5.63. The number of aromatic nitrogens is 2. The van der Waals surface area contributed by atoms with Crippen LogP contribution in [0, 0.1) is 17.0 Å². The predicted octanol–water partition coefficient (Wildman–Crippen LogP) is 1.79. The highest BCUT2D eigenvalue weighted by Gasteiger charge is 2.25. The smallest absolute Gasteiger partial charge is 0.350 e. The van der Waals surface area contributed by atoms with Crippen LogP contribution < -0.4 is 26.5 Å². The van der Waals surface area contributed by atoms with E-state index in [1.54, 1.807) is 25.1 Å². The Morgan fingerprint density at radius 1 is 1.35 bits per heavy atom. The molecular weight excluding hydrogens is 428 g/mol. The van der Waals surface area contributed by atoms with E-state index in [9.17, 15) is 19.7 Å². The van der Waals surface area contributed by atoms with Gasteiger partial charge in [0.15, 0.2) is 5.11 Å². The molecule has 0 aliphatic carbocycles. The van der Waals surface area contributed by atoms with Crippen molar-refractivity contribution in [1.29, 1.82) is 0 Å². The van der Waals surface area contributed by atoms with Crippen LogP contribution in [-0.4, -0.2) is 32.8 Å². The van der Waals surface area contributed by atoms with Crippen molar-refractivity contribution in [2.45, 2.75) is 19.9 Å². The molecule has 162 valence electrons. The number of rotatable bonds is 5. The third-order valence-electron chi connectivity index (χ3n) is 4.35. The molecule has 2 aromatic heterocycles. The first-order valence-corrected chi connectivity index (χ1v) is 9.29. The van der Waals surface area contributed by atoms with Crippen molar-refractivity contribution in [2.75, 3.05) is 12.4 Å². The number of benzene rings is 1. The molecule has 0 radical (unpaired) electrons. The molecule has 1 atom stereocenters. The minimum absolute atomic E-state index is 0.0685. The number of amides is 1. The van der Waals surface area contributed by atoms with Gasteiger partial charge in [-0.05, 0) is 43.8 Å².